The Labute approximate surface area is 290 Å². The zero-order valence-corrected chi connectivity index (χ0v) is 29.4. The average molecular weight is 697 g/mol. The Morgan fingerprint density at radius 3 is 1.32 bits per heavy atom. The second-order valence-electron chi connectivity index (χ2n) is 11.9. The lowest BCUT2D eigenvalue weighted by molar-refractivity contribution is -0.156. The van der Waals surface area contributed by atoms with Crippen LogP contribution in [0.25, 0.3) is 0 Å². The third-order valence-electron chi connectivity index (χ3n) is 7.58. The highest BCUT2D eigenvalue weighted by Gasteiger charge is 2.53. The summed E-state index contributed by atoms with van der Waals surface area (Å²) < 4.78 is 9.74. The highest BCUT2D eigenvalue weighted by molar-refractivity contribution is 7.80. The topological polar surface area (TPSA) is 151 Å². The van der Waals surface area contributed by atoms with Crippen molar-refractivity contribution in [2.24, 2.45) is 22.7 Å². The van der Waals surface area contributed by atoms with Crippen LogP contribution in [0.15, 0.2) is 25.3 Å². The Hall–Kier alpha value is -3.52. The highest BCUT2D eigenvalue weighted by Crippen LogP contribution is 2.37. The third kappa shape index (κ3) is 11.3. The van der Waals surface area contributed by atoms with Crippen LogP contribution in [-0.2, 0) is 38.2 Å². The largest absolute Gasteiger partial charge is 0.465 e. The van der Waals surface area contributed by atoms with Gasteiger partial charge in [0.05, 0.1) is 13.2 Å². The molecular weight excluding hydrogens is 645 g/mol. The van der Waals surface area contributed by atoms with Gasteiger partial charge in [-0.25, -0.2) is 0 Å². The Morgan fingerprint density at radius 2 is 1.06 bits per heavy atom. The first kappa shape index (κ1) is 43.5. The monoisotopic (exact) mass is 696 g/mol. The zero-order chi connectivity index (χ0) is 35.2. The molecule has 14 heteroatoms. The number of rotatable bonds is 16. The highest BCUT2D eigenvalue weighted by atomic mass is 32.1. The number of hydrogen-bond donors (Lipinski definition) is 2. The number of nitrogens with one attached hydrogen (secondary N) is 2. The van der Waals surface area contributed by atoms with E-state index in [-0.39, 0.29) is 56.8 Å². The van der Waals surface area contributed by atoms with Crippen molar-refractivity contribution in [1.82, 2.24) is 20.4 Å². The fourth-order valence-electron chi connectivity index (χ4n) is 4.99. The second kappa shape index (κ2) is 20.0. The van der Waals surface area contributed by atoms with Gasteiger partial charge in [0.15, 0.2) is 10.2 Å². The van der Waals surface area contributed by atoms with E-state index in [1.807, 2.05) is 27.7 Å². The molecule has 12 nitrogen and oxygen atoms in total. The van der Waals surface area contributed by atoms with E-state index in [9.17, 15) is 28.8 Å². The van der Waals surface area contributed by atoms with Crippen LogP contribution in [0.4, 0.5) is 0 Å². The fraction of sp³-hybridized carbons (Fsp3) is 0.636. The molecule has 264 valence electrons. The van der Waals surface area contributed by atoms with Crippen LogP contribution >= 0.6 is 24.4 Å². The number of esters is 2. The van der Waals surface area contributed by atoms with Crippen molar-refractivity contribution >= 4 is 70.2 Å². The molecule has 0 aromatic heterocycles. The van der Waals surface area contributed by atoms with Gasteiger partial charge in [0.2, 0.25) is 23.6 Å². The summed E-state index contributed by atoms with van der Waals surface area (Å²) in [7, 11) is 0. The van der Waals surface area contributed by atoms with E-state index < -0.39 is 46.4 Å². The van der Waals surface area contributed by atoms with Crippen molar-refractivity contribution in [3.05, 3.63) is 25.3 Å². The third-order valence-corrected chi connectivity index (χ3v) is 8.22. The summed E-state index contributed by atoms with van der Waals surface area (Å²) in [5.74, 6) is -2.21. The number of amides is 4. The molecule has 0 bridgehead atoms. The van der Waals surface area contributed by atoms with E-state index in [2.05, 4.69) is 23.8 Å². The lowest BCUT2D eigenvalue weighted by atomic mass is 9.75. The van der Waals surface area contributed by atoms with Crippen molar-refractivity contribution in [1.29, 1.82) is 0 Å². The van der Waals surface area contributed by atoms with Gasteiger partial charge in [0.1, 0.15) is 23.9 Å². The average Bonchev–Trinajstić information content (AvgIpc) is 2.97. The predicted molar refractivity (Wildman–Crippen MR) is 188 cm³/mol. The fourth-order valence-corrected chi connectivity index (χ4v) is 5.47. The minimum absolute atomic E-state index is 0. The number of hydrogen-bond acceptors (Lipinski definition) is 10. The van der Waals surface area contributed by atoms with E-state index >= 15 is 0 Å². The molecule has 2 fully saturated rings. The first-order valence-electron chi connectivity index (χ1n) is 15.4. The van der Waals surface area contributed by atoms with Gasteiger partial charge in [-0.15, -0.1) is 13.2 Å². The lowest BCUT2D eigenvalue weighted by Gasteiger charge is -2.40. The van der Waals surface area contributed by atoms with Crippen LogP contribution < -0.4 is 10.6 Å². The normalized spacial score (nSPS) is 20.9. The summed E-state index contributed by atoms with van der Waals surface area (Å²) in [5.41, 5.74) is -2.53. The molecule has 0 radical (unpaired) electrons. The van der Waals surface area contributed by atoms with Crippen molar-refractivity contribution in [2.45, 2.75) is 87.5 Å². The minimum atomic E-state index is -1.26. The van der Waals surface area contributed by atoms with Crippen LogP contribution in [0.2, 0.25) is 0 Å². The number of nitrogens with zero attached hydrogens (tertiary/aromatic N) is 2. The maximum Gasteiger partial charge on any atom is 0.326 e. The van der Waals surface area contributed by atoms with Gasteiger partial charge in [-0.1, -0.05) is 47.3 Å². The molecule has 2 rings (SSSR count). The quantitative estimate of drug-likeness (QED) is 0.104. The Morgan fingerprint density at radius 1 is 0.745 bits per heavy atom. The molecule has 47 heavy (non-hydrogen) atoms. The van der Waals surface area contributed by atoms with Gasteiger partial charge in [-0.05, 0) is 88.6 Å². The molecule has 4 amide bonds. The van der Waals surface area contributed by atoms with Crippen LogP contribution in [0.5, 0.6) is 0 Å². The molecule has 0 aromatic carbocycles. The smallest absolute Gasteiger partial charge is 0.326 e. The first-order chi connectivity index (χ1) is 21.6. The van der Waals surface area contributed by atoms with Crippen molar-refractivity contribution < 1.29 is 38.2 Å². The molecule has 0 aliphatic carbocycles. The molecule has 2 N–H and O–H groups in total. The minimum Gasteiger partial charge on any atom is -0.465 e. The SMILES string of the molecule is C.C=CCC1(CCC(C)C)C(=O)NC(=S)N(CC(=O)OCC)C1=O.C=CCC1(CCC(C)C)C(=O)NC(=S)N(CC(=O)OCC)C1=O. The van der Waals surface area contributed by atoms with Gasteiger partial charge in [0.25, 0.3) is 0 Å². The summed E-state index contributed by atoms with van der Waals surface area (Å²) in [6.45, 7) is 18.6. The van der Waals surface area contributed by atoms with Gasteiger partial charge < -0.3 is 20.1 Å². The Balaban J connectivity index is 0.000000882. The molecule has 2 atom stereocenters. The van der Waals surface area contributed by atoms with Gasteiger partial charge in [-0.3, -0.25) is 38.6 Å². The molecule has 2 saturated heterocycles. The van der Waals surface area contributed by atoms with Crippen LogP contribution in [0, 0.1) is 22.7 Å². The number of carbonyl (C=O) groups excluding carboxylic acids is 6. The van der Waals surface area contributed by atoms with Crippen LogP contribution in [0.3, 0.4) is 0 Å². The zero-order valence-electron chi connectivity index (χ0n) is 27.8. The van der Waals surface area contributed by atoms with E-state index in [4.69, 9.17) is 33.9 Å². The predicted octanol–water partition coefficient (Wildman–Crippen LogP) is 4.22. The number of thiocarbonyl (C=S) groups is 2. The summed E-state index contributed by atoms with van der Waals surface area (Å²) in [4.78, 5) is 76.5. The Kier molecular flexibility index (Phi) is 18.5. The van der Waals surface area contributed by atoms with Crippen LogP contribution in [-0.4, -0.2) is 81.9 Å². The maximum absolute atomic E-state index is 12.9. The molecule has 2 unspecified atom stereocenters. The summed E-state index contributed by atoms with van der Waals surface area (Å²) in [5, 5.41) is 4.98. The van der Waals surface area contributed by atoms with Gasteiger partial charge >= 0.3 is 11.9 Å². The van der Waals surface area contributed by atoms with Crippen molar-refractivity contribution in [3.63, 3.8) is 0 Å². The molecule has 2 heterocycles. The number of ether oxygens (including phenoxy) is 2. The van der Waals surface area contributed by atoms with Gasteiger partial charge in [0, 0.05) is 0 Å². The Bertz CT molecular complexity index is 1130. The molecule has 2 aliphatic rings. The molecule has 0 spiro atoms. The van der Waals surface area contributed by atoms with Crippen LogP contribution in [0.1, 0.15) is 87.5 Å². The van der Waals surface area contributed by atoms with E-state index in [1.54, 1.807) is 26.0 Å². The molecule has 2 aliphatic heterocycles. The summed E-state index contributed by atoms with van der Waals surface area (Å²) in [6.07, 6.45) is 5.66. The van der Waals surface area contributed by atoms with Crippen molar-refractivity contribution in [3.8, 4) is 0 Å². The molecule has 0 saturated carbocycles. The molecule has 0 aromatic rings. The lowest BCUT2D eigenvalue weighted by Crippen LogP contribution is -2.64. The van der Waals surface area contributed by atoms with E-state index in [1.165, 1.54) is 0 Å². The molecular formula is C33H52N4O8S2. The number of allylic oxidation sites excluding steroid dienone is 2. The standard InChI is InChI=1S/2C16H24N2O4S.CH4/c2*1-5-8-16(9-7-11(3)4)13(20)17-15(23)18(14(16)21)10-12(19)22-6-2;/h2*5,11H,1,6-10H2,2-4H3,(H,17,20,23);1H4. The van der Waals surface area contributed by atoms with Crippen molar-refractivity contribution in [2.75, 3.05) is 26.3 Å². The summed E-state index contributed by atoms with van der Waals surface area (Å²) in [6, 6.07) is 0. The maximum atomic E-state index is 12.9. The van der Waals surface area contributed by atoms with E-state index in [0.29, 0.717) is 37.5 Å². The summed E-state index contributed by atoms with van der Waals surface area (Å²) >= 11 is 10.1. The number of carbonyl (C=O) groups is 6. The van der Waals surface area contributed by atoms with E-state index in [0.717, 1.165) is 9.80 Å². The van der Waals surface area contributed by atoms with Gasteiger partial charge in [-0.2, -0.15) is 0 Å². The first-order valence-corrected chi connectivity index (χ1v) is 16.3. The second-order valence-corrected chi connectivity index (χ2v) is 12.7.